The van der Waals surface area contributed by atoms with Crippen molar-refractivity contribution < 1.29 is 9.85 Å². The number of nitrogens with zero attached hydrogens (tertiary/aromatic N) is 2. The van der Waals surface area contributed by atoms with Crippen molar-refractivity contribution in [3.05, 3.63) is 67.2 Å². The summed E-state index contributed by atoms with van der Waals surface area (Å²) in [6, 6.07) is 8.48. The molecule has 2 aromatic carbocycles. The molecule has 25 heavy (non-hydrogen) atoms. The van der Waals surface area contributed by atoms with Crippen LogP contribution in [0.5, 0.6) is 0 Å². The normalized spacial score (nSPS) is 10.0. The molecule has 0 heterocycles. The molecule has 0 aliphatic heterocycles. The Morgan fingerprint density at radius 2 is 1.84 bits per heavy atom. The number of nitro groups is 2. The van der Waals surface area contributed by atoms with E-state index in [4.69, 9.17) is 23.8 Å². The van der Waals surface area contributed by atoms with Crippen LogP contribution in [0.4, 0.5) is 22.7 Å². The van der Waals surface area contributed by atoms with E-state index in [9.17, 15) is 20.2 Å². The Labute approximate surface area is 152 Å². The van der Waals surface area contributed by atoms with E-state index < -0.39 is 15.5 Å². The van der Waals surface area contributed by atoms with E-state index in [1.54, 1.807) is 12.1 Å². The van der Waals surface area contributed by atoms with Crippen molar-refractivity contribution in [2.24, 2.45) is 0 Å². The molecule has 0 aliphatic carbocycles. The minimum Gasteiger partial charge on any atom is -0.331 e. The summed E-state index contributed by atoms with van der Waals surface area (Å²) in [5.74, 6) is 0. The number of rotatable bonds is 5. The number of benzene rings is 2. The van der Waals surface area contributed by atoms with Crippen molar-refractivity contribution in [2.45, 2.75) is 6.92 Å². The number of thiocarbonyl (C=S) groups is 1. The number of non-ortho nitro benzene ring substituents is 1. The highest BCUT2D eigenvalue weighted by atomic mass is 35.5. The molecule has 0 amide bonds. The van der Waals surface area contributed by atoms with Crippen molar-refractivity contribution in [1.29, 1.82) is 0 Å². The van der Waals surface area contributed by atoms with Gasteiger partial charge in [-0.1, -0.05) is 17.7 Å². The van der Waals surface area contributed by atoms with Crippen molar-refractivity contribution in [3.8, 4) is 0 Å². The molecule has 0 aromatic heterocycles. The van der Waals surface area contributed by atoms with E-state index in [1.807, 2.05) is 13.0 Å². The number of hydrogen-bond acceptors (Lipinski definition) is 6. The largest absolute Gasteiger partial charge is 0.331 e. The second-order valence-electron chi connectivity index (χ2n) is 4.88. The first kappa shape index (κ1) is 18.4. The second kappa shape index (κ2) is 7.73. The van der Waals surface area contributed by atoms with Crippen LogP contribution < -0.4 is 16.2 Å². The lowest BCUT2D eigenvalue weighted by atomic mass is 10.2. The number of hydrazine groups is 1. The Hall–Kier alpha value is -2.98. The molecule has 0 spiro atoms. The number of nitro benzene ring substituents is 2. The fraction of sp³-hybridized carbons (Fsp3) is 0.0714. The third-order valence-electron chi connectivity index (χ3n) is 3.13. The average molecular weight is 382 g/mol. The molecule has 0 fully saturated rings. The molecule has 0 radical (unpaired) electrons. The summed E-state index contributed by atoms with van der Waals surface area (Å²) in [5, 5.41) is 25.3. The summed E-state index contributed by atoms with van der Waals surface area (Å²) < 4.78 is 0. The van der Waals surface area contributed by atoms with Crippen LogP contribution >= 0.6 is 23.8 Å². The first-order chi connectivity index (χ1) is 11.8. The molecule has 0 atom stereocenters. The van der Waals surface area contributed by atoms with Crippen LogP contribution in [0, 0.1) is 27.2 Å². The quantitative estimate of drug-likeness (QED) is 0.406. The Bertz CT molecular complexity index is 861. The van der Waals surface area contributed by atoms with Crippen LogP contribution in [0.25, 0.3) is 0 Å². The minimum absolute atomic E-state index is 0.0293. The van der Waals surface area contributed by atoms with Crippen LogP contribution in [0.2, 0.25) is 5.02 Å². The van der Waals surface area contributed by atoms with Gasteiger partial charge in [0.1, 0.15) is 5.69 Å². The summed E-state index contributed by atoms with van der Waals surface area (Å²) in [5.41, 5.74) is 5.87. The number of aryl methyl sites for hydroxylation is 1. The van der Waals surface area contributed by atoms with Gasteiger partial charge < -0.3 is 5.32 Å². The zero-order valence-electron chi connectivity index (χ0n) is 12.8. The van der Waals surface area contributed by atoms with Crippen molar-refractivity contribution in [1.82, 2.24) is 5.43 Å². The molecule has 11 heteroatoms. The highest BCUT2D eigenvalue weighted by Crippen LogP contribution is 2.28. The van der Waals surface area contributed by atoms with E-state index in [0.29, 0.717) is 10.7 Å². The van der Waals surface area contributed by atoms with Crippen LogP contribution in [-0.4, -0.2) is 15.0 Å². The maximum absolute atomic E-state index is 11.1. The highest BCUT2D eigenvalue weighted by molar-refractivity contribution is 7.80. The number of hydrogen-bond donors (Lipinski definition) is 3. The van der Waals surface area contributed by atoms with Gasteiger partial charge in [0.05, 0.1) is 15.9 Å². The van der Waals surface area contributed by atoms with Crippen molar-refractivity contribution >= 4 is 51.7 Å². The molecule has 130 valence electrons. The van der Waals surface area contributed by atoms with Crippen molar-refractivity contribution in [3.63, 3.8) is 0 Å². The van der Waals surface area contributed by atoms with E-state index in [2.05, 4.69) is 16.2 Å². The lowest BCUT2D eigenvalue weighted by Gasteiger charge is -2.13. The highest BCUT2D eigenvalue weighted by Gasteiger charge is 2.19. The van der Waals surface area contributed by atoms with E-state index in [-0.39, 0.29) is 16.5 Å². The summed E-state index contributed by atoms with van der Waals surface area (Å²) >= 11 is 11.1. The van der Waals surface area contributed by atoms with Crippen LogP contribution in [0.3, 0.4) is 0 Å². The van der Waals surface area contributed by atoms with E-state index >= 15 is 0 Å². The number of halogens is 1. The molecule has 0 saturated heterocycles. The predicted octanol–water partition coefficient (Wildman–Crippen LogP) is 3.78. The maximum atomic E-state index is 11.1. The van der Waals surface area contributed by atoms with Gasteiger partial charge in [-0.15, -0.1) is 0 Å². The fourth-order valence-corrected chi connectivity index (χ4v) is 2.20. The molecule has 2 aromatic rings. The van der Waals surface area contributed by atoms with Gasteiger partial charge in [0.15, 0.2) is 5.11 Å². The zero-order valence-corrected chi connectivity index (χ0v) is 14.4. The van der Waals surface area contributed by atoms with Gasteiger partial charge in [-0.3, -0.25) is 31.1 Å². The third kappa shape index (κ3) is 4.75. The number of anilines is 2. The van der Waals surface area contributed by atoms with Gasteiger partial charge in [-0.2, -0.15) is 0 Å². The third-order valence-corrected chi connectivity index (χ3v) is 3.74. The molecule has 3 N–H and O–H groups in total. The van der Waals surface area contributed by atoms with E-state index in [0.717, 1.165) is 17.7 Å². The molecule has 0 saturated carbocycles. The SMILES string of the molecule is Cc1ccc(NC(=S)NNc2ccc([N+](=O)[O-])cc2[N+](=O)[O-])cc1Cl. The molecular formula is C14H12ClN5O4S. The summed E-state index contributed by atoms with van der Waals surface area (Å²) in [7, 11) is 0. The van der Waals surface area contributed by atoms with Gasteiger partial charge in [0.2, 0.25) is 0 Å². The van der Waals surface area contributed by atoms with Crippen LogP contribution in [0.1, 0.15) is 5.56 Å². The Morgan fingerprint density at radius 1 is 1.12 bits per heavy atom. The predicted molar refractivity (Wildman–Crippen MR) is 98.9 cm³/mol. The fourth-order valence-electron chi connectivity index (χ4n) is 1.85. The van der Waals surface area contributed by atoms with Gasteiger partial charge in [-0.25, -0.2) is 0 Å². The summed E-state index contributed by atoms with van der Waals surface area (Å²) in [6.45, 7) is 1.86. The maximum Gasteiger partial charge on any atom is 0.300 e. The first-order valence-corrected chi connectivity index (χ1v) is 7.58. The lowest BCUT2D eigenvalue weighted by Crippen LogP contribution is -2.33. The second-order valence-corrected chi connectivity index (χ2v) is 5.70. The van der Waals surface area contributed by atoms with Gasteiger partial charge in [0.25, 0.3) is 5.69 Å². The molecule has 0 bridgehead atoms. The van der Waals surface area contributed by atoms with Gasteiger partial charge in [0, 0.05) is 16.8 Å². The lowest BCUT2D eigenvalue weighted by molar-refractivity contribution is -0.393. The molecule has 0 unspecified atom stereocenters. The monoisotopic (exact) mass is 381 g/mol. The molecule has 9 nitrogen and oxygen atoms in total. The van der Waals surface area contributed by atoms with E-state index in [1.165, 1.54) is 6.07 Å². The standard InChI is InChI=1S/C14H12ClN5O4S/c1-8-2-3-9(6-11(8)15)16-14(25)18-17-12-5-4-10(19(21)22)7-13(12)20(23)24/h2-7,17H,1H3,(H2,16,18,25). The van der Waals surface area contributed by atoms with Crippen molar-refractivity contribution in [2.75, 3.05) is 10.7 Å². The topological polar surface area (TPSA) is 122 Å². The van der Waals surface area contributed by atoms with Gasteiger partial charge in [-0.05, 0) is 42.9 Å². The Balaban J connectivity index is 2.07. The smallest absolute Gasteiger partial charge is 0.300 e. The Morgan fingerprint density at radius 3 is 2.44 bits per heavy atom. The average Bonchev–Trinajstić information content (AvgIpc) is 2.56. The van der Waals surface area contributed by atoms with Crippen LogP contribution in [-0.2, 0) is 0 Å². The molecular weight excluding hydrogens is 370 g/mol. The minimum atomic E-state index is -0.729. The molecule has 2 rings (SSSR count). The summed E-state index contributed by atoms with van der Waals surface area (Å²) in [6.07, 6.45) is 0. The molecule has 0 aliphatic rings. The zero-order chi connectivity index (χ0) is 18.6. The first-order valence-electron chi connectivity index (χ1n) is 6.80. The van der Waals surface area contributed by atoms with Gasteiger partial charge >= 0.3 is 5.69 Å². The Kier molecular flexibility index (Phi) is 5.67. The number of nitrogens with one attached hydrogen (secondary N) is 3. The summed E-state index contributed by atoms with van der Waals surface area (Å²) in [4.78, 5) is 20.3. The van der Waals surface area contributed by atoms with Crippen LogP contribution in [0.15, 0.2) is 36.4 Å².